The van der Waals surface area contributed by atoms with Crippen molar-refractivity contribution < 1.29 is 9.59 Å². The van der Waals surface area contributed by atoms with Crippen LogP contribution in [0.5, 0.6) is 0 Å². The van der Waals surface area contributed by atoms with Crippen LogP contribution in [0.3, 0.4) is 0 Å². The van der Waals surface area contributed by atoms with E-state index in [1.165, 1.54) is 6.42 Å². The normalized spacial score (nSPS) is 20.7. The fourth-order valence-corrected chi connectivity index (χ4v) is 4.10. The van der Waals surface area contributed by atoms with Gasteiger partial charge in [-0.15, -0.1) is 0 Å². The van der Waals surface area contributed by atoms with Crippen LogP contribution in [0, 0.1) is 0 Å². The summed E-state index contributed by atoms with van der Waals surface area (Å²) >= 11 is 0. The van der Waals surface area contributed by atoms with Gasteiger partial charge < -0.3 is 9.80 Å². The summed E-state index contributed by atoms with van der Waals surface area (Å²) in [5, 5.41) is 0. The lowest BCUT2D eigenvalue weighted by atomic mass is 10.0. The van der Waals surface area contributed by atoms with Crippen LogP contribution in [0.4, 0.5) is 0 Å². The molecule has 4 rings (SSSR count). The first-order valence-electron chi connectivity index (χ1n) is 10.4. The Labute approximate surface area is 171 Å². The van der Waals surface area contributed by atoms with Crippen molar-refractivity contribution in [3.8, 4) is 5.82 Å². The molecule has 1 atom stereocenters. The molecule has 2 amide bonds. The number of carbonyl (C=O) groups excluding carboxylic acids is 2. The van der Waals surface area contributed by atoms with Crippen LogP contribution in [-0.2, 0) is 4.79 Å². The minimum Gasteiger partial charge on any atom is -0.339 e. The zero-order valence-electron chi connectivity index (χ0n) is 16.9. The maximum Gasteiger partial charge on any atom is 0.255 e. The summed E-state index contributed by atoms with van der Waals surface area (Å²) in [4.78, 5) is 39.8. The molecule has 2 aromatic heterocycles. The van der Waals surface area contributed by atoms with Crippen LogP contribution < -0.4 is 0 Å². The third-order valence-corrected chi connectivity index (χ3v) is 5.91. The monoisotopic (exact) mass is 396 g/mol. The Balaban J connectivity index is 1.29. The number of likely N-dealkylation sites (tertiary alicyclic amines) is 1. The lowest BCUT2D eigenvalue weighted by Crippen LogP contribution is -2.53. The molecule has 154 valence electrons. The highest BCUT2D eigenvalue weighted by molar-refractivity contribution is 5.94. The van der Waals surface area contributed by atoms with Crippen LogP contribution in [0.25, 0.3) is 5.82 Å². The molecule has 0 aromatic carbocycles. The summed E-state index contributed by atoms with van der Waals surface area (Å²) in [6.07, 6.45) is 10.2. The Morgan fingerprint density at radius 3 is 2.59 bits per heavy atom. The van der Waals surface area contributed by atoms with Gasteiger partial charge in [0.25, 0.3) is 5.91 Å². The molecule has 2 saturated heterocycles. The van der Waals surface area contributed by atoms with Crippen LogP contribution in [0.1, 0.15) is 36.5 Å². The maximum atomic E-state index is 12.8. The molecule has 0 bridgehead atoms. The molecule has 0 N–H and O–H groups in total. The predicted molar refractivity (Wildman–Crippen MR) is 109 cm³/mol. The molecule has 8 nitrogen and oxygen atoms in total. The number of hydrogen-bond acceptors (Lipinski definition) is 5. The zero-order chi connectivity index (χ0) is 20.2. The minimum atomic E-state index is -0.00897. The van der Waals surface area contributed by atoms with Crippen LogP contribution in [-0.4, -0.2) is 86.4 Å². The number of amides is 2. The minimum absolute atomic E-state index is 0.00897. The summed E-state index contributed by atoms with van der Waals surface area (Å²) in [7, 11) is 0. The van der Waals surface area contributed by atoms with Crippen molar-refractivity contribution in [1.29, 1.82) is 0 Å². The fourth-order valence-electron chi connectivity index (χ4n) is 4.10. The Kier molecular flexibility index (Phi) is 5.89. The molecule has 0 saturated carbocycles. The number of rotatable bonds is 4. The van der Waals surface area contributed by atoms with Crippen molar-refractivity contribution >= 4 is 11.8 Å². The van der Waals surface area contributed by atoms with Crippen molar-refractivity contribution in [1.82, 2.24) is 29.2 Å². The number of pyridine rings is 1. The first-order valence-corrected chi connectivity index (χ1v) is 10.4. The first kappa shape index (κ1) is 19.6. The summed E-state index contributed by atoms with van der Waals surface area (Å²) < 4.78 is 1.80. The van der Waals surface area contributed by atoms with Gasteiger partial charge in [-0.3, -0.25) is 19.1 Å². The molecule has 4 heterocycles. The van der Waals surface area contributed by atoms with E-state index in [-0.39, 0.29) is 11.8 Å². The average Bonchev–Trinajstić information content (AvgIpc) is 3.29. The van der Waals surface area contributed by atoms with E-state index >= 15 is 0 Å². The van der Waals surface area contributed by atoms with Gasteiger partial charge in [0.2, 0.25) is 5.91 Å². The van der Waals surface area contributed by atoms with E-state index in [9.17, 15) is 9.59 Å². The Hall–Kier alpha value is -2.74. The predicted octanol–water partition coefficient (Wildman–Crippen LogP) is 1.43. The first-order chi connectivity index (χ1) is 14.1. The van der Waals surface area contributed by atoms with Gasteiger partial charge in [-0.05, 0) is 38.3 Å². The number of piperidine rings is 1. The Morgan fingerprint density at radius 1 is 1.10 bits per heavy atom. The standard InChI is InChI=1S/C21H28N6O2/c1-17-4-2-3-8-27(17)20(28)15-24-10-12-25(13-11-24)21(29)18-5-6-19(23-14-18)26-9-7-22-16-26/h5-7,9,14,16-17H,2-4,8,10-13,15H2,1H3. The van der Waals surface area contributed by atoms with Crippen LogP contribution >= 0.6 is 0 Å². The second kappa shape index (κ2) is 8.73. The van der Waals surface area contributed by atoms with Crippen molar-refractivity contribution in [2.24, 2.45) is 0 Å². The van der Waals surface area contributed by atoms with Crippen LogP contribution in [0.15, 0.2) is 37.1 Å². The number of aromatic nitrogens is 3. The number of carbonyl (C=O) groups is 2. The third-order valence-electron chi connectivity index (χ3n) is 5.91. The van der Waals surface area contributed by atoms with Crippen LogP contribution in [0.2, 0.25) is 0 Å². The van der Waals surface area contributed by atoms with E-state index in [4.69, 9.17) is 0 Å². The SMILES string of the molecule is CC1CCCCN1C(=O)CN1CCN(C(=O)c2ccc(-n3ccnc3)nc2)CC1. The van der Waals surface area contributed by atoms with E-state index in [1.54, 1.807) is 29.4 Å². The second-order valence-electron chi connectivity index (χ2n) is 7.88. The number of piperazine rings is 1. The molecule has 0 aliphatic carbocycles. The van der Waals surface area contributed by atoms with E-state index < -0.39 is 0 Å². The molecule has 1 unspecified atom stereocenters. The lowest BCUT2D eigenvalue weighted by Gasteiger charge is -2.38. The molecular formula is C21H28N6O2. The molecular weight excluding hydrogens is 368 g/mol. The molecule has 2 aliphatic rings. The Bertz CT molecular complexity index is 827. The van der Waals surface area contributed by atoms with E-state index in [2.05, 4.69) is 21.8 Å². The summed E-state index contributed by atoms with van der Waals surface area (Å²) in [5.74, 6) is 0.941. The Morgan fingerprint density at radius 2 is 1.93 bits per heavy atom. The van der Waals surface area contributed by atoms with E-state index in [1.807, 2.05) is 22.1 Å². The summed E-state index contributed by atoms with van der Waals surface area (Å²) in [6.45, 7) is 6.17. The highest BCUT2D eigenvalue weighted by Gasteiger charge is 2.27. The van der Waals surface area contributed by atoms with Crippen molar-refractivity contribution in [2.75, 3.05) is 39.3 Å². The van der Waals surface area contributed by atoms with Crippen molar-refractivity contribution in [3.05, 3.63) is 42.6 Å². The van der Waals surface area contributed by atoms with Gasteiger partial charge in [-0.1, -0.05) is 0 Å². The highest BCUT2D eigenvalue weighted by atomic mass is 16.2. The van der Waals surface area contributed by atoms with Gasteiger partial charge in [0.15, 0.2) is 0 Å². The molecule has 0 spiro atoms. The molecule has 8 heteroatoms. The zero-order valence-corrected chi connectivity index (χ0v) is 16.9. The fraction of sp³-hybridized carbons (Fsp3) is 0.524. The van der Waals surface area contributed by atoms with Crippen molar-refractivity contribution in [3.63, 3.8) is 0 Å². The molecule has 2 aliphatic heterocycles. The van der Waals surface area contributed by atoms with Gasteiger partial charge in [-0.2, -0.15) is 0 Å². The van der Waals surface area contributed by atoms with Gasteiger partial charge in [-0.25, -0.2) is 9.97 Å². The van der Waals surface area contributed by atoms with Gasteiger partial charge in [0, 0.05) is 57.4 Å². The number of imidazole rings is 1. The number of hydrogen-bond donors (Lipinski definition) is 0. The van der Waals surface area contributed by atoms with Gasteiger partial charge >= 0.3 is 0 Å². The lowest BCUT2D eigenvalue weighted by molar-refractivity contribution is -0.136. The summed E-state index contributed by atoms with van der Waals surface area (Å²) in [6, 6.07) is 3.97. The smallest absolute Gasteiger partial charge is 0.255 e. The summed E-state index contributed by atoms with van der Waals surface area (Å²) in [5.41, 5.74) is 0.584. The molecule has 2 fully saturated rings. The van der Waals surface area contributed by atoms with E-state index in [0.717, 1.165) is 38.3 Å². The largest absolute Gasteiger partial charge is 0.339 e. The quantitative estimate of drug-likeness (QED) is 0.782. The average molecular weight is 396 g/mol. The maximum absolute atomic E-state index is 12.8. The second-order valence-corrected chi connectivity index (χ2v) is 7.88. The number of nitrogens with zero attached hydrogens (tertiary/aromatic N) is 6. The topological polar surface area (TPSA) is 74.6 Å². The molecule has 0 radical (unpaired) electrons. The van der Waals surface area contributed by atoms with Gasteiger partial charge in [0.1, 0.15) is 12.1 Å². The van der Waals surface area contributed by atoms with E-state index in [0.29, 0.717) is 31.2 Å². The highest BCUT2D eigenvalue weighted by Crippen LogP contribution is 2.17. The van der Waals surface area contributed by atoms with Gasteiger partial charge in [0.05, 0.1) is 12.1 Å². The third kappa shape index (κ3) is 4.48. The van der Waals surface area contributed by atoms with Crippen molar-refractivity contribution in [2.45, 2.75) is 32.2 Å². The molecule has 29 heavy (non-hydrogen) atoms. The molecule has 2 aromatic rings.